The Morgan fingerprint density at radius 2 is 2.10 bits per heavy atom. The van der Waals surface area contributed by atoms with Gasteiger partial charge in [0, 0.05) is 6.54 Å². The summed E-state index contributed by atoms with van der Waals surface area (Å²) in [7, 11) is 0. The van der Waals surface area contributed by atoms with Gasteiger partial charge in [-0.3, -0.25) is 14.7 Å². The van der Waals surface area contributed by atoms with Crippen molar-refractivity contribution in [1.82, 2.24) is 15.1 Å². The molecule has 0 aliphatic rings. The number of ether oxygens (including phenoxy) is 1. The topological polar surface area (TPSA) is 101 Å². The zero-order chi connectivity index (χ0) is 15.3. The van der Waals surface area contributed by atoms with Gasteiger partial charge in [0.15, 0.2) is 5.69 Å². The smallest absolute Gasteiger partial charge is 0.325 e. The maximum absolute atomic E-state index is 12.4. The summed E-state index contributed by atoms with van der Waals surface area (Å²) in [6.45, 7) is 8.00. The molecule has 7 heteroatoms. The minimum Gasteiger partial charge on any atom is -0.465 e. The van der Waals surface area contributed by atoms with Crippen LogP contribution in [0.5, 0.6) is 0 Å². The van der Waals surface area contributed by atoms with Crippen LogP contribution in [0.1, 0.15) is 37.0 Å². The average molecular weight is 282 g/mol. The number of H-pyrrole nitrogens is 1. The molecular formula is C13H22N4O3. The molecule has 1 amide bonds. The van der Waals surface area contributed by atoms with Gasteiger partial charge in [-0.15, -0.1) is 0 Å². The maximum atomic E-state index is 12.4. The highest BCUT2D eigenvalue weighted by molar-refractivity contribution is 5.99. The van der Waals surface area contributed by atoms with Gasteiger partial charge in [0.05, 0.1) is 18.0 Å². The van der Waals surface area contributed by atoms with Crippen LogP contribution in [-0.4, -0.2) is 46.7 Å². The highest BCUT2D eigenvalue weighted by Gasteiger charge is 2.24. The number of carbonyl (C=O) groups excluding carboxylic acids is 2. The van der Waals surface area contributed by atoms with E-state index in [4.69, 9.17) is 10.5 Å². The normalized spacial score (nSPS) is 10.7. The van der Waals surface area contributed by atoms with E-state index in [9.17, 15) is 9.59 Å². The Bertz CT molecular complexity index is 482. The summed E-state index contributed by atoms with van der Waals surface area (Å²) >= 11 is 0. The zero-order valence-electron chi connectivity index (χ0n) is 12.4. The number of nitrogens with two attached hydrogens (primary N) is 1. The van der Waals surface area contributed by atoms with Crippen molar-refractivity contribution in [1.29, 1.82) is 0 Å². The Labute approximate surface area is 118 Å². The minimum absolute atomic E-state index is 0.101. The molecule has 0 spiro atoms. The zero-order valence-corrected chi connectivity index (χ0v) is 12.4. The number of aromatic nitrogens is 2. The second kappa shape index (κ2) is 6.93. The van der Waals surface area contributed by atoms with Gasteiger partial charge in [-0.2, -0.15) is 5.10 Å². The number of aryl methyl sites for hydroxylation is 1. The van der Waals surface area contributed by atoms with E-state index in [1.807, 2.05) is 13.8 Å². The van der Waals surface area contributed by atoms with Gasteiger partial charge < -0.3 is 15.4 Å². The molecule has 0 fully saturated rings. The largest absolute Gasteiger partial charge is 0.465 e. The molecule has 1 heterocycles. The van der Waals surface area contributed by atoms with E-state index in [1.165, 1.54) is 4.90 Å². The van der Waals surface area contributed by atoms with Crippen LogP contribution in [0.2, 0.25) is 0 Å². The lowest BCUT2D eigenvalue weighted by Crippen LogP contribution is -2.39. The highest BCUT2D eigenvalue weighted by atomic mass is 16.5. The number of hydrogen-bond donors (Lipinski definition) is 2. The molecule has 0 aliphatic heterocycles. The fourth-order valence-corrected chi connectivity index (χ4v) is 1.77. The third-order valence-corrected chi connectivity index (χ3v) is 2.70. The van der Waals surface area contributed by atoms with E-state index >= 15 is 0 Å². The Hall–Kier alpha value is -2.05. The first-order valence-electron chi connectivity index (χ1n) is 6.62. The number of nitrogens with zero attached hydrogens (tertiary/aromatic N) is 2. The first-order valence-corrected chi connectivity index (χ1v) is 6.62. The van der Waals surface area contributed by atoms with Gasteiger partial charge in [-0.25, -0.2) is 0 Å². The van der Waals surface area contributed by atoms with E-state index in [-0.39, 0.29) is 30.7 Å². The lowest BCUT2D eigenvalue weighted by atomic mass is 10.2. The van der Waals surface area contributed by atoms with Crippen molar-refractivity contribution in [3.8, 4) is 0 Å². The van der Waals surface area contributed by atoms with Gasteiger partial charge in [0.2, 0.25) is 0 Å². The molecule has 0 bridgehead atoms. The average Bonchev–Trinajstić information content (AvgIpc) is 2.68. The third-order valence-electron chi connectivity index (χ3n) is 2.70. The van der Waals surface area contributed by atoms with Crippen molar-refractivity contribution in [3.05, 3.63) is 11.4 Å². The van der Waals surface area contributed by atoms with E-state index in [0.717, 1.165) is 0 Å². The number of aromatic amines is 1. The molecule has 112 valence electrons. The van der Waals surface area contributed by atoms with Crippen molar-refractivity contribution in [2.75, 3.05) is 25.4 Å². The summed E-state index contributed by atoms with van der Waals surface area (Å²) in [5.41, 5.74) is 6.90. The Morgan fingerprint density at radius 3 is 2.55 bits per heavy atom. The lowest BCUT2D eigenvalue weighted by molar-refractivity contribution is -0.143. The summed E-state index contributed by atoms with van der Waals surface area (Å²) in [5.74, 6) is -0.587. The Kier molecular flexibility index (Phi) is 5.54. The van der Waals surface area contributed by atoms with Crippen molar-refractivity contribution in [2.45, 2.75) is 27.7 Å². The fraction of sp³-hybridized carbons (Fsp3) is 0.615. The quantitative estimate of drug-likeness (QED) is 0.757. The molecule has 0 radical (unpaired) electrons. The monoisotopic (exact) mass is 282 g/mol. The summed E-state index contributed by atoms with van der Waals surface area (Å²) in [6.07, 6.45) is 0. The number of nitrogen functional groups attached to an aromatic ring is 1. The maximum Gasteiger partial charge on any atom is 0.325 e. The van der Waals surface area contributed by atoms with E-state index < -0.39 is 5.97 Å². The summed E-state index contributed by atoms with van der Waals surface area (Å²) in [5, 5.41) is 6.57. The number of hydrogen-bond acceptors (Lipinski definition) is 5. The van der Waals surface area contributed by atoms with Crippen LogP contribution in [0, 0.1) is 12.8 Å². The number of nitrogens with one attached hydrogen (secondary N) is 1. The molecular weight excluding hydrogens is 260 g/mol. The van der Waals surface area contributed by atoms with Crippen LogP contribution in [0.15, 0.2) is 0 Å². The standard InChI is InChI=1S/C13H22N4O3/c1-5-20-10(18)7-17(6-8(2)3)13(19)12-11(14)9(4)15-16-12/h8H,5-7,14H2,1-4H3,(H,15,16). The van der Waals surface area contributed by atoms with E-state index in [2.05, 4.69) is 10.2 Å². The molecule has 20 heavy (non-hydrogen) atoms. The fourth-order valence-electron chi connectivity index (χ4n) is 1.77. The van der Waals surface area contributed by atoms with E-state index in [1.54, 1.807) is 13.8 Å². The SMILES string of the molecule is CCOC(=O)CN(CC(C)C)C(=O)c1n[nH]c(C)c1N. The number of anilines is 1. The van der Waals surface area contributed by atoms with Crippen LogP contribution in [0.3, 0.4) is 0 Å². The molecule has 0 aliphatic carbocycles. The predicted molar refractivity (Wildman–Crippen MR) is 75.1 cm³/mol. The summed E-state index contributed by atoms with van der Waals surface area (Å²) in [6, 6.07) is 0. The predicted octanol–water partition coefficient (Wildman–Crippen LogP) is 0.962. The van der Waals surface area contributed by atoms with Crippen LogP contribution in [0.4, 0.5) is 5.69 Å². The number of esters is 1. The molecule has 0 aromatic carbocycles. The van der Waals surface area contributed by atoms with Gasteiger partial charge in [-0.1, -0.05) is 13.8 Å². The Morgan fingerprint density at radius 1 is 1.45 bits per heavy atom. The molecule has 0 unspecified atom stereocenters. The van der Waals surface area contributed by atoms with Crippen molar-refractivity contribution >= 4 is 17.6 Å². The van der Waals surface area contributed by atoms with Gasteiger partial charge in [0.25, 0.3) is 5.91 Å². The lowest BCUT2D eigenvalue weighted by Gasteiger charge is -2.22. The highest BCUT2D eigenvalue weighted by Crippen LogP contribution is 2.15. The summed E-state index contributed by atoms with van der Waals surface area (Å²) in [4.78, 5) is 25.4. The number of amides is 1. The second-order valence-corrected chi connectivity index (χ2v) is 5.00. The van der Waals surface area contributed by atoms with Crippen LogP contribution >= 0.6 is 0 Å². The molecule has 0 saturated heterocycles. The van der Waals surface area contributed by atoms with Crippen molar-refractivity contribution < 1.29 is 14.3 Å². The number of rotatable bonds is 6. The molecule has 3 N–H and O–H groups in total. The van der Waals surface area contributed by atoms with Crippen molar-refractivity contribution in [3.63, 3.8) is 0 Å². The molecule has 1 aromatic heterocycles. The molecule has 7 nitrogen and oxygen atoms in total. The first kappa shape index (κ1) is 16.0. The molecule has 0 atom stereocenters. The second-order valence-electron chi connectivity index (χ2n) is 5.00. The van der Waals surface area contributed by atoms with E-state index in [0.29, 0.717) is 17.9 Å². The molecule has 1 rings (SSSR count). The minimum atomic E-state index is -0.438. The van der Waals surface area contributed by atoms with Crippen molar-refractivity contribution in [2.24, 2.45) is 5.92 Å². The van der Waals surface area contributed by atoms with Gasteiger partial charge in [0.1, 0.15) is 6.54 Å². The summed E-state index contributed by atoms with van der Waals surface area (Å²) < 4.78 is 4.88. The number of carbonyl (C=O) groups is 2. The van der Waals surface area contributed by atoms with Crippen LogP contribution in [0.25, 0.3) is 0 Å². The Balaban J connectivity index is 2.89. The van der Waals surface area contributed by atoms with Crippen LogP contribution in [-0.2, 0) is 9.53 Å². The van der Waals surface area contributed by atoms with Crippen LogP contribution < -0.4 is 5.73 Å². The van der Waals surface area contributed by atoms with Gasteiger partial charge in [-0.05, 0) is 19.8 Å². The third kappa shape index (κ3) is 3.97. The first-order chi connectivity index (χ1) is 9.36. The molecule has 1 aromatic rings. The molecule has 0 saturated carbocycles. The van der Waals surface area contributed by atoms with Gasteiger partial charge >= 0.3 is 5.97 Å².